The fraction of sp³-hybridized carbons (Fsp3) is 0.286. The summed E-state index contributed by atoms with van der Waals surface area (Å²) in [5.41, 5.74) is 3.02. The Morgan fingerprint density at radius 1 is 1.12 bits per heavy atom. The van der Waals surface area contributed by atoms with Gasteiger partial charge < -0.3 is 5.11 Å². The van der Waals surface area contributed by atoms with Crippen molar-refractivity contribution in [3.8, 4) is 0 Å². The van der Waals surface area contributed by atoms with Gasteiger partial charge in [0.15, 0.2) is 0 Å². The van der Waals surface area contributed by atoms with E-state index in [4.69, 9.17) is 0 Å². The lowest BCUT2D eigenvalue weighted by atomic mass is 9.96. The van der Waals surface area contributed by atoms with Gasteiger partial charge in [0.25, 0.3) is 0 Å². The predicted molar refractivity (Wildman–Crippen MR) is 64.5 cm³/mol. The first-order chi connectivity index (χ1) is 8.36. The van der Waals surface area contributed by atoms with Gasteiger partial charge >= 0.3 is 0 Å². The molecule has 2 aromatic rings. The molecule has 0 bridgehead atoms. The number of aromatic nitrogens is 2. The van der Waals surface area contributed by atoms with E-state index in [1.54, 1.807) is 12.4 Å². The van der Waals surface area contributed by atoms with Gasteiger partial charge in [0.1, 0.15) is 6.10 Å². The van der Waals surface area contributed by atoms with Crippen LogP contribution in [0.1, 0.15) is 35.4 Å². The topological polar surface area (TPSA) is 46.0 Å². The van der Waals surface area contributed by atoms with E-state index in [1.165, 1.54) is 5.56 Å². The number of hydrogen-bond acceptors (Lipinski definition) is 3. The van der Waals surface area contributed by atoms with Crippen LogP contribution in [0.4, 0.5) is 0 Å². The summed E-state index contributed by atoms with van der Waals surface area (Å²) >= 11 is 0. The monoisotopic (exact) mass is 226 g/mol. The molecular weight excluding hydrogens is 212 g/mol. The summed E-state index contributed by atoms with van der Waals surface area (Å²) in [6, 6.07) is 9.67. The Morgan fingerprint density at radius 2 is 2.00 bits per heavy atom. The smallest absolute Gasteiger partial charge is 0.104 e. The van der Waals surface area contributed by atoms with Crippen molar-refractivity contribution >= 4 is 0 Å². The lowest BCUT2D eigenvalue weighted by molar-refractivity contribution is 0.139. The van der Waals surface area contributed by atoms with Crippen LogP contribution in [0.3, 0.4) is 0 Å². The Morgan fingerprint density at radius 3 is 2.82 bits per heavy atom. The minimum absolute atomic E-state index is 0.0844. The van der Waals surface area contributed by atoms with E-state index in [9.17, 15) is 5.11 Å². The van der Waals surface area contributed by atoms with Gasteiger partial charge in [0.2, 0.25) is 0 Å². The molecule has 0 amide bonds. The summed E-state index contributed by atoms with van der Waals surface area (Å²) in [4.78, 5) is 8.62. The first-order valence-electron chi connectivity index (χ1n) is 5.89. The normalized spacial score (nSPS) is 19.9. The van der Waals surface area contributed by atoms with E-state index in [1.807, 2.05) is 24.3 Å². The maximum atomic E-state index is 10.4. The zero-order valence-corrected chi connectivity index (χ0v) is 9.45. The number of pyridine rings is 2. The first-order valence-corrected chi connectivity index (χ1v) is 5.89. The average molecular weight is 226 g/mol. The Balaban J connectivity index is 1.92. The number of nitrogens with zero attached hydrogens (tertiary/aromatic N) is 2. The molecule has 0 fully saturated rings. The number of aryl methyl sites for hydroxylation is 1. The summed E-state index contributed by atoms with van der Waals surface area (Å²) in [6.45, 7) is 0. The molecule has 3 nitrogen and oxygen atoms in total. The fourth-order valence-corrected chi connectivity index (χ4v) is 2.51. The van der Waals surface area contributed by atoms with E-state index in [0.29, 0.717) is 0 Å². The minimum atomic E-state index is -0.549. The number of rotatable bonds is 2. The van der Waals surface area contributed by atoms with Crippen LogP contribution in [-0.4, -0.2) is 15.1 Å². The second-order valence-electron chi connectivity index (χ2n) is 4.39. The molecule has 3 heteroatoms. The van der Waals surface area contributed by atoms with Crippen LogP contribution < -0.4 is 0 Å². The lowest BCUT2D eigenvalue weighted by Crippen LogP contribution is -2.10. The zero-order valence-electron chi connectivity index (χ0n) is 9.45. The molecule has 2 atom stereocenters. The van der Waals surface area contributed by atoms with Gasteiger partial charge in [-0.3, -0.25) is 9.97 Å². The molecule has 86 valence electrons. The van der Waals surface area contributed by atoms with E-state index in [-0.39, 0.29) is 5.92 Å². The Bertz CT molecular complexity index is 513. The maximum Gasteiger partial charge on any atom is 0.104 e. The van der Waals surface area contributed by atoms with Crippen molar-refractivity contribution in [3.05, 3.63) is 59.7 Å². The highest BCUT2D eigenvalue weighted by atomic mass is 16.3. The summed E-state index contributed by atoms with van der Waals surface area (Å²) in [5.74, 6) is 0.0844. The highest BCUT2D eigenvalue weighted by Gasteiger charge is 2.31. The summed E-state index contributed by atoms with van der Waals surface area (Å²) in [6.07, 6.45) is 4.91. The fourth-order valence-electron chi connectivity index (χ4n) is 2.51. The van der Waals surface area contributed by atoms with Crippen molar-refractivity contribution < 1.29 is 5.11 Å². The van der Waals surface area contributed by atoms with Gasteiger partial charge in [0.05, 0.1) is 5.69 Å². The molecule has 0 radical (unpaired) electrons. The zero-order chi connectivity index (χ0) is 11.7. The second-order valence-corrected chi connectivity index (χ2v) is 4.39. The molecule has 0 spiro atoms. The summed E-state index contributed by atoms with van der Waals surface area (Å²) in [5, 5.41) is 10.4. The second kappa shape index (κ2) is 4.26. The van der Waals surface area contributed by atoms with Gasteiger partial charge in [0, 0.05) is 24.0 Å². The largest absolute Gasteiger partial charge is 0.386 e. The Labute approximate surface area is 100 Å². The van der Waals surface area contributed by atoms with Crippen LogP contribution >= 0.6 is 0 Å². The predicted octanol–water partition coefficient (Wildman–Crippen LogP) is 2.24. The molecule has 1 N–H and O–H groups in total. The molecule has 2 heterocycles. The third-order valence-corrected chi connectivity index (χ3v) is 3.37. The van der Waals surface area contributed by atoms with E-state index in [2.05, 4.69) is 16.0 Å². The van der Waals surface area contributed by atoms with Crippen molar-refractivity contribution in [2.24, 2.45) is 0 Å². The number of aliphatic hydroxyl groups is 1. The van der Waals surface area contributed by atoms with E-state index in [0.717, 1.165) is 24.2 Å². The van der Waals surface area contributed by atoms with Crippen molar-refractivity contribution in [1.82, 2.24) is 9.97 Å². The quantitative estimate of drug-likeness (QED) is 0.854. The molecule has 17 heavy (non-hydrogen) atoms. The van der Waals surface area contributed by atoms with Gasteiger partial charge in [-0.15, -0.1) is 0 Å². The van der Waals surface area contributed by atoms with Crippen LogP contribution in [0, 0.1) is 0 Å². The van der Waals surface area contributed by atoms with Crippen LogP contribution in [0.15, 0.2) is 42.7 Å². The number of fused-ring (bicyclic) bond motifs is 1. The SMILES string of the molecule is OC(c1ccccn1)C1CCc2cccnc21. The molecule has 0 aromatic carbocycles. The average Bonchev–Trinajstić information content (AvgIpc) is 2.83. The molecule has 2 aromatic heterocycles. The Hall–Kier alpha value is -1.74. The van der Waals surface area contributed by atoms with Crippen LogP contribution in [-0.2, 0) is 6.42 Å². The first kappa shape index (κ1) is 10.4. The third kappa shape index (κ3) is 1.83. The van der Waals surface area contributed by atoms with Gasteiger partial charge in [-0.2, -0.15) is 0 Å². The van der Waals surface area contributed by atoms with Crippen LogP contribution in [0.25, 0.3) is 0 Å². The van der Waals surface area contributed by atoms with Crippen LogP contribution in [0.5, 0.6) is 0 Å². The molecule has 3 rings (SSSR count). The molecule has 1 aliphatic rings. The molecule has 0 saturated carbocycles. The highest BCUT2D eigenvalue weighted by molar-refractivity contribution is 5.31. The van der Waals surface area contributed by atoms with Crippen molar-refractivity contribution in [2.45, 2.75) is 24.9 Å². The van der Waals surface area contributed by atoms with Crippen molar-refractivity contribution in [1.29, 1.82) is 0 Å². The van der Waals surface area contributed by atoms with E-state index >= 15 is 0 Å². The van der Waals surface area contributed by atoms with Crippen molar-refractivity contribution in [2.75, 3.05) is 0 Å². The van der Waals surface area contributed by atoms with Gasteiger partial charge in [-0.25, -0.2) is 0 Å². The van der Waals surface area contributed by atoms with Gasteiger partial charge in [-0.1, -0.05) is 12.1 Å². The molecular formula is C14H14N2O. The van der Waals surface area contributed by atoms with Crippen molar-refractivity contribution in [3.63, 3.8) is 0 Å². The standard InChI is InChI=1S/C14H14N2O/c17-14(12-5-1-2-8-15-12)11-7-6-10-4-3-9-16-13(10)11/h1-5,8-9,11,14,17H,6-7H2. The lowest BCUT2D eigenvalue weighted by Gasteiger charge is -2.17. The summed E-state index contributed by atoms with van der Waals surface area (Å²) < 4.78 is 0. The number of hydrogen-bond donors (Lipinski definition) is 1. The molecule has 0 aliphatic heterocycles. The summed E-state index contributed by atoms with van der Waals surface area (Å²) in [7, 11) is 0. The molecule has 1 aliphatic carbocycles. The molecule has 2 unspecified atom stereocenters. The number of aliphatic hydroxyl groups excluding tert-OH is 1. The third-order valence-electron chi connectivity index (χ3n) is 3.37. The molecule has 0 saturated heterocycles. The maximum absolute atomic E-state index is 10.4. The Kier molecular flexibility index (Phi) is 2.61. The highest BCUT2D eigenvalue weighted by Crippen LogP contribution is 2.39. The van der Waals surface area contributed by atoms with E-state index < -0.39 is 6.10 Å². The minimum Gasteiger partial charge on any atom is -0.386 e. The van der Waals surface area contributed by atoms with Gasteiger partial charge in [-0.05, 0) is 36.6 Å². The van der Waals surface area contributed by atoms with Crippen LogP contribution in [0.2, 0.25) is 0 Å².